The Balaban J connectivity index is 1.66. The lowest BCUT2D eigenvalue weighted by Gasteiger charge is -2.49. The van der Waals surface area contributed by atoms with E-state index in [2.05, 4.69) is 13.8 Å². The monoisotopic (exact) mass is 391 g/mol. The van der Waals surface area contributed by atoms with Gasteiger partial charge >= 0.3 is 6.09 Å². The van der Waals surface area contributed by atoms with Crippen LogP contribution in [0.4, 0.5) is 9.18 Å². The summed E-state index contributed by atoms with van der Waals surface area (Å²) in [4.78, 5) is 14.2. The zero-order valence-electron chi connectivity index (χ0n) is 17.8. The molecule has 0 bridgehead atoms. The molecule has 5 heteroatoms. The van der Waals surface area contributed by atoms with Crippen LogP contribution in [0, 0.1) is 23.1 Å². The zero-order valence-corrected chi connectivity index (χ0v) is 17.8. The minimum atomic E-state index is -0.467. The number of benzene rings is 1. The van der Waals surface area contributed by atoms with Crippen LogP contribution < -0.4 is 0 Å². The van der Waals surface area contributed by atoms with Crippen molar-refractivity contribution in [2.75, 3.05) is 19.7 Å². The number of nitrogens with zero attached hydrogens (tertiary/aromatic N) is 1. The molecule has 2 fully saturated rings. The molecule has 2 atom stereocenters. The number of carbonyl (C=O) groups excluding carboxylic acids is 1. The van der Waals surface area contributed by atoms with Gasteiger partial charge in [0.15, 0.2) is 0 Å². The number of carbonyl (C=O) groups is 1. The molecule has 0 radical (unpaired) electrons. The van der Waals surface area contributed by atoms with E-state index in [-0.39, 0.29) is 23.4 Å². The van der Waals surface area contributed by atoms with Gasteiger partial charge in [-0.1, -0.05) is 26.0 Å². The van der Waals surface area contributed by atoms with Crippen LogP contribution in [-0.2, 0) is 9.47 Å². The van der Waals surface area contributed by atoms with Crippen molar-refractivity contribution in [3.8, 4) is 0 Å². The van der Waals surface area contributed by atoms with Gasteiger partial charge in [-0.05, 0) is 75.0 Å². The van der Waals surface area contributed by atoms with Crippen molar-refractivity contribution < 1.29 is 18.7 Å². The summed E-state index contributed by atoms with van der Waals surface area (Å²) in [6.45, 7) is 12.3. The van der Waals surface area contributed by atoms with Crippen LogP contribution in [0.1, 0.15) is 65.5 Å². The topological polar surface area (TPSA) is 38.8 Å². The molecule has 0 unspecified atom stereocenters. The lowest BCUT2D eigenvalue weighted by Crippen LogP contribution is -2.50. The molecular weight excluding hydrogens is 357 g/mol. The van der Waals surface area contributed by atoms with Crippen LogP contribution in [0.3, 0.4) is 0 Å². The van der Waals surface area contributed by atoms with Gasteiger partial charge in [-0.3, -0.25) is 0 Å². The minimum Gasteiger partial charge on any atom is -0.444 e. The van der Waals surface area contributed by atoms with E-state index in [4.69, 9.17) is 9.47 Å². The van der Waals surface area contributed by atoms with E-state index < -0.39 is 5.60 Å². The Kier molecular flexibility index (Phi) is 6.04. The Labute approximate surface area is 168 Å². The smallest absolute Gasteiger partial charge is 0.410 e. The lowest BCUT2D eigenvalue weighted by molar-refractivity contribution is -0.130. The number of likely N-dealkylation sites (tertiary alicyclic amines) is 1. The molecule has 156 valence electrons. The number of hydrogen-bond acceptors (Lipinski definition) is 3. The third-order valence-corrected chi connectivity index (χ3v) is 6.16. The molecule has 2 aliphatic rings. The Bertz CT molecular complexity index is 672. The largest absolute Gasteiger partial charge is 0.444 e. The lowest BCUT2D eigenvalue weighted by atomic mass is 9.66. The highest BCUT2D eigenvalue weighted by Gasteiger charge is 2.45. The first-order chi connectivity index (χ1) is 13.1. The second-order valence-corrected chi connectivity index (χ2v) is 9.86. The second-order valence-electron chi connectivity index (χ2n) is 9.86. The molecule has 28 heavy (non-hydrogen) atoms. The first-order valence-electron chi connectivity index (χ1n) is 10.4. The molecule has 2 saturated heterocycles. The standard InChI is InChI=1S/C23H34FNO3/c1-16(2)19-14-23(15-27-20(19)17-6-8-18(24)9-7-17)10-12-25(13-11-23)21(26)28-22(3,4)5/h6-9,16,19-20H,10-15H2,1-5H3/t19-,20-/m1/s1. The minimum absolute atomic E-state index is 0.00936. The van der Waals surface area contributed by atoms with Crippen LogP contribution in [0.25, 0.3) is 0 Å². The Morgan fingerprint density at radius 3 is 2.36 bits per heavy atom. The summed E-state index contributed by atoms with van der Waals surface area (Å²) < 4.78 is 25.2. The second kappa shape index (κ2) is 8.02. The first kappa shape index (κ1) is 21.1. The van der Waals surface area contributed by atoms with E-state index in [1.807, 2.05) is 37.8 Å². The molecular formula is C23H34FNO3. The number of ether oxygens (including phenoxy) is 2. The molecule has 4 nitrogen and oxygen atoms in total. The molecule has 1 aromatic carbocycles. The van der Waals surface area contributed by atoms with Gasteiger partial charge in [0, 0.05) is 13.1 Å². The van der Waals surface area contributed by atoms with Gasteiger partial charge in [-0.25, -0.2) is 9.18 Å². The van der Waals surface area contributed by atoms with Crippen LogP contribution in [0.15, 0.2) is 24.3 Å². The van der Waals surface area contributed by atoms with E-state index in [0.29, 0.717) is 31.5 Å². The van der Waals surface area contributed by atoms with Crippen LogP contribution in [0.5, 0.6) is 0 Å². The SMILES string of the molecule is CC(C)[C@H]1CC2(CCN(C(=O)OC(C)(C)C)CC2)CO[C@@H]1c1ccc(F)cc1. The van der Waals surface area contributed by atoms with Gasteiger partial charge in [0.2, 0.25) is 0 Å². The molecule has 1 spiro atoms. The summed E-state index contributed by atoms with van der Waals surface area (Å²) in [6.07, 6.45) is 2.74. The van der Waals surface area contributed by atoms with Gasteiger partial charge in [0.25, 0.3) is 0 Å². The molecule has 0 saturated carbocycles. The van der Waals surface area contributed by atoms with E-state index >= 15 is 0 Å². The van der Waals surface area contributed by atoms with Gasteiger partial charge in [0.1, 0.15) is 11.4 Å². The van der Waals surface area contributed by atoms with Crippen molar-refractivity contribution in [2.45, 2.75) is 65.6 Å². The summed E-state index contributed by atoms with van der Waals surface area (Å²) in [7, 11) is 0. The summed E-state index contributed by atoms with van der Waals surface area (Å²) >= 11 is 0. The Morgan fingerprint density at radius 2 is 1.82 bits per heavy atom. The number of hydrogen-bond donors (Lipinski definition) is 0. The van der Waals surface area contributed by atoms with Gasteiger partial charge in [-0.2, -0.15) is 0 Å². The number of piperidine rings is 1. The predicted molar refractivity (Wildman–Crippen MR) is 108 cm³/mol. The van der Waals surface area contributed by atoms with Crippen molar-refractivity contribution in [3.63, 3.8) is 0 Å². The Morgan fingerprint density at radius 1 is 1.21 bits per heavy atom. The van der Waals surface area contributed by atoms with Crippen molar-refractivity contribution in [3.05, 3.63) is 35.6 Å². The Hall–Kier alpha value is -1.62. The van der Waals surface area contributed by atoms with Crippen molar-refractivity contribution in [1.29, 1.82) is 0 Å². The highest BCUT2D eigenvalue weighted by atomic mass is 19.1. The number of amides is 1. The summed E-state index contributed by atoms with van der Waals surface area (Å²) in [5.41, 5.74) is 0.705. The molecule has 2 heterocycles. The zero-order chi connectivity index (χ0) is 20.5. The van der Waals surface area contributed by atoms with Gasteiger partial charge < -0.3 is 14.4 Å². The average molecular weight is 392 g/mol. The fraction of sp³-hybridized carbons (Fsp3) is 0.696. The third kappa shape index (κ3) is 4.86. The quantitative estimate of drug-likeness (QED) is 0.661. The molecule has 0 aromatic heterocycles. The predicted octanol–water partition coefficient (Wildman–Crippen LogP) is 5.58. The van der Waals surface area contributed by atoms with E-state index in [9.17, 15) is 9.18 Å². The van der Waals surface area contributed by atoms with Crippen LogP contribution in [-0.4, -0.2) is 36.3 Å². The maximum absolute atomic E-state index is 13.3. The summed E-state index contributed by atoms with van der Waals surface area (Å²) in [5.74, 6) is 0.634. The van der Waals surface area contributed by atoms with Gasteiger partial charge in [-0.15, -0.1) is 0 Å². The molecule has 0 aliphatic carbocycles. The molecule has 3 rings (SSSR count). The maximum atomic E-state index is 13.3. The fourth-order valence-electron chi connectivity index (χ4n) is 4.48. The highest BCUT2D eigenvalue weighted by Crippen LogP contribution is 2.49. The molecule has 0 N–H and O–H groups in total. The average Bonchev–Trinajstić information content (AvgIpc) is 2.62. The molecule has 1 aromatic rings. The van der Waals surface area contributed by atoms with Gasteiger partial charge in [0.05, 0.1) is 12.7 Å². The molecule has 2 aliphatic heterocycles. The fourth-order valence-corrected chi connectivity index (χ4v) is 4.48. The summed E-state index contributed by atoms with van der Waals surface area (Å²) in [6, 6.07) is 6.72. The van der Waals surface area contributed by atoms with Crippen molar-refractivity contribution >= 4 is 6.09 Å². The normalized spacial score (nSPS) is 25.2. The van der Waals surface area contributed by atoms with E-state index in [1.165, 1.54) is 12.1 Å². The number of rotatable bonds is 2. The first-order valence-corrected chi connectivity index (χ1v) is 10.4. The van der Waals surface area contributed by atoms with E-state index in [0.717, 1.165) is 24.8 Å². The van der Waals surface area contributed by atoms with Crippen molar-refractivity contribution in [2.24, 2.45) is 17.3 Å². The van der Waals surface area contributed by atoms with Crippen molar-refractivity contribution in [1.82, 2.24) is 4.90 Å². The summed E-state index contributed by atoms with van der Waals surface area (Å²) in [5, 5.41) is 0. The van der Waals surface area contributed by atoms with Crippen LogP contribution >= 0.6 is 0 Å². The number of halogens is 1. The third-order valence-electron chi connectivity index (χ3n) is 6.16. The maximum Gasteiger partial charge on any atom is 0.410 e. The van der Waals surface area contributed by atoms with Crippen LogP contribution in [0.2, 0.25) is 0 Å². The van der Waals surface area contributed by atoms with E-state index in [1.54, 1.807) is 0 Å². The molecule has 1 amide bonds. The highest BCUT2D eigenvalue weighted by molar-refractivity contribution is 5.68.